The summed E-state index contributed by atoms with van der Waals surface area (Å²) in [4.78, 5) is 98.5. The fourth-order valence-corrected chi connectivity index (χ4v) is 9.78. The number of carbonyl (C=O) groups excluding carboxylic acids is 7. The average molecular weight is 1370 g/mol. The van der Waals surface area contributed by atoms with Gasteiger partial charge in [-0.1, -0.05) is 164 Å². The van der Waals surface area contributed by atoms with Crippen molar-refractivity contribution in [3.8, 4) is 28.4 Å². The molecule has 0 aliphatic heterocycles. The van der Waals surface area contributed by atoms with E-state index in [4.69, 9.17) is 33.2 Å². The maximum Gasteiger partial charge on any atom is 0.408 e. The Morgan fingerprint density at radius 3 is 1.33 bits per heavy atom. The Hall–Kier alpha value is -11.3. The maximum absolute atomic E-state index is 15.2. The molecule has 20 nitrogen and oxygen atoms in total. The molecule has 5 amide bonds. The van der Waals surface area contributed by atoms with Gasteiger partial charge in [0.05, 0.1) is 6.10 Å². The van der Waals surface area contributed by atoms with E-state index in [1.54, 1.807) is 197 Å². The molecule has 25 heteroatoms. The number of hydrogen-bond donors (Lipinski definition) is 5. The minimum Gasteiger partial charge on any atom is -0.489 e. The van der Waals surface area contributed by atoms with Gasteiger partial charge >= 0.3 is 30.2 Å². The molecule has 518 valence electrons. The lowest BCUT2D eigenvalue weighted by Crippen LogP contribution is -2.56. The van der Waals surface area contributed by atoms with Crippen molar-refractivity contribution in [2.24, 2.45) is 0 Å². The maximum atomic E-state index is 15.2. The van der Waals surface area contributed by atoms with Crippen LogP contribution in [0.3, 0.4) is 0 Å². The number of aliphatic hydroxyl groups excluding tert-OH is 1. The molecule has 0 fully saturated rings. The standard InChI is InChI=1S/C74H72F5N5O15/c1-74(2,3)99-73(92)82-56(38-55(85)39-80-71(90)96-44-49-26-16-8-17-27-49)68(87)81-57(69(88)84(4)40-61(86)95-43-48-24-14-7-15-25-48)36-53-34-51(30-32-59(53)93-41-46-20-10-5-11-21-46)52-31-33-60(94-42-47-22-12-6-13-23-47)54(35-52)37-58(83-72(91)97-45-50-28-18-9-19-29-50)70(89)98-67-65(78)63(76)62(75)64(77)66(67)79/h5-35,55-58,85H,36-45H2,1-4H3,(H,80,90)(H,81,87)(H,82,92)(H,83,91)/t55-,56+,57+,58+/m1/s1. The highest BCUT2D eigenvalue weighted by Gasteiger charge is 2.35. The summed E-state index contributed by atoms with van der Waals surface area (Å²) in [5, 5.41) is 21.3. The average Bonchev–Trinajstić information content (AvgIpc) is 0.800. The normalized spacial score (nSPS) is 12.3. The number of likely N-dealkylation sites (N-methyl/N-ethyl adjacent to an activating group) is 1. The first-order valence-corrected chi connectivity index (χ1v) is 31.1. The van der Waals surface area contributed by atoms with E-state index in [1.807, 2.05) is 0 Å². The van der Waals surface area contributed by atoms with Gasteiger partial charge in [-0.05, 0) is 95.1 Å². The summed E-state index contributed by atoms with van der Waals surface area (Å²) in [6.07, 6.45) is -6.46. The fraction of sp³-hybridized carbons (Fsp3) is 0.257. The number of aliphatic hydroxyl groups is 1. The minimum atomic E-state index is -2.52. The quantitative estimate of drug-likeness (QED) is 0.00701. The molecule has 0 saturated carbocycles. The van der Waals surface area contributed by atoms with E-state index >= 15 is 13.6 Å². The SMILES string of the molecule is CN(CC(=O)OCc1ccccc1)C(=O)[C@H](Cc1cc(-c2ccc(OCc3ccccc3)c(C[C@H](NC(=O)OCc3ccccc3)C(=O)Oc3c(F)c(F)c(F)c(F)c3F)c2)ccc1OCc1ccccc1)NC(=O)[C@H](C[C@@H](O)CNC(=O)OCc1ccccc1)NC(=O)OC(C)(C)C. The van der Waals surface area contributed by atoms with E-state index < -0.39 is 139 Å². The predicted octanol–water partition coefficient (Wildman–Crippen LogP) is 11.4. The first-order chi connectivity index (χ1) is 47.5. The molecule has 0 aliphatic carbocycles. The van der Waals surface area contributed by atoms with Crippen molar-refractivity contribution in [3.63, 3.8) is 0 Å². The van der Waals surface area contributed by atoms with Crippen LogP contribution >= 0.6 is 0 Å². The van der Waals surface area contributed by atoms with Crippen LogP contribution in [0.25, 0.3) is 11.1 Å². The van der Waals surface area contributed by atoms with Gasteiger partial charge in [0, 0.05) is 32.9 Å². The highest BCUT2D eigenvalue weighted by Crippen LogP contribution is 2.34. The first kappa shape index (κ1) is 73.5. The second-order valence-electron chi connectivity index (χ2n) is 23.6. The third-order valence-corrected chi connectivity index (χ3v) is 14.7. The zero-order valence-corrected chi connectivity index (χ0v) is 54.3. The number of nitrogens with one attached hydrogen (secondary N) is 4. The van der Waals surface area contributed by atoms with E-state index in [1.165, 1.54) is 19.2 Å². The summed E-state index contributed by atoms with van der Waals surface area (Å²) in [6.45, 7) is 2.95. The number of amides is 5. The van der Waals surface area contributed by atoms with Gasteiger partial charge in [-0.15, -0.1) is 0 Å². The molecule has 0 spiro atoms. The minimum absolute atomic E-state index is 0.0280. The van der Waals surface area contributed by atoms with E-state index in [0.29, 0.717) is 33.4 Å². The fourth-order valence-electron chi connectivity index (χ4n) is 9.78. The Morgan fingerprint density at radius 2 is 0.879 bits per heavy atom. The van der Waals surface area contributed by atoms with Crippen molar-refractivity contribution in [1.82, 2.24) is 26.2 Å². The van der Waals surface area contributed by atoms with Gasteiger partial charge < -0.3 is 64.4 Å². The van der Waals surface area contributed by atoms with Crippen LogP contribution in [0.2, 0.25) is 0 Å². The van der Waals surface area contributed by atoms with Gasteiger partial charge in [-0.3, -0.25) is 14.4 Å². The van der Waals surface area contributed by atoms with Crippen LogP contribution in [0.5, 0.6) is 17.2 Å². The Morgan fingerprint density at radius 1 is 0.475 bits per heavy atom. The summed E-state index contributed by atoms with van der Waals surface area (Å²) in [6, 6.07) is 47.7. The monoisotopic (exact) mass is 1370 g/mol. The highest BCUT2D eigenvalue weighted by molar-refractivity contribution is 5.93. The number of carbonyl (C=O) groups is 7. The molecule has 8 aromatic rings. The lowest BCUT2D eigenvalue weighted by Gasteiger charge is -2.28. The number of halogens is 5. The molecule has 0 unspecified atom stereocenters. The van der Waals surface area contributed by atoms with E-state index in [9.17, 15) is 47.0 Å². The van der Waals surface area contributed by atoms with Gasteiger partial charge in [0.2, 0.25) is 46.6 Å². The van der Waals surface area contributed by atoms with Crippen molar-refractivity contribution in [3.05, 3.63) is 256 Å². The number of ether oxygens (including phenoxy) is 7. The Kier molecular flexibility index (Phi) is 26.4. The van der Waals surface area contributed by atoms with Crippen molar-refractivity contribution in [2.75, 3.05) is 20.1 Å². The summed E-state index contributed by atoms with van der Waals surface area (Å²) < 4.78 is 113. The molecule has 8 aromatic carbocycles. The number of hydrogen-bond acceptors (Lipinski definition) is 15. The number of alkyl carbamates (subject to hydrolysis) is 3. The second kappa shape index (κ2) is 35.6. The number of benzene rings is 8. The predicted molar refractivity (Wildman–Crippen MR) is 350 cm³/mol. The molecule has 0 aliphatic rings. The summed E-state index contributed by atoms with van der Waals surface area (Å²) in [5.74, 6) is -18.4. The molecule has 0 saturated heterocycles. The molecule has 99 heavy (non-hydrogen) atoms. The Bertz CT molecular complexity index is 4040. The molecule has 8 rings (SSSR count). The van der Waals surface area contributed by atoms with Crippen LogP contribution in [0.4, 0.5) is 36.3 Å². The smallest absolute Gasteiger partial charge is 0.408 e. The lowest BCUT2D eigenvalue weighted by molar-refractivity contribution is -0.150. The second-order valence-corrected chi connectivity index (χ2v) is 23.6. The van der Waals surface area contributed by atoms with Crippen LogP contribution in [-0.2, 0) is 84.0 Å². The molecule has 0 heterocycles. The van der Waals surface area contributed by atoms with E-state index in [-0.39, 0.29) is 55.7 Å². The molecule has 4 atom stereocenters. The molecular formula is C74H72F5N5O15. The first-order valence-electron chi connectivity index (χ1n) is 31.1. The molecule has 0 radical (unpaired) electrons. The lowest BCUT2D eigenvalue weighted by atomic mass is 9.95. The van der Waals surface area contributed by atoms with Gasteiger partial charge in [-0.25, -0.2) is 32.3 Å². The number of rotatable bonds is 30. The summed E-state index contributed by atoms with van der Waals surface area (Å²) in [7, 11) is 1.30. The van der Waals surface area contributed by atoms with Crippen molar-refractivity contribution >= 4 is 42.0 Å². The molecule has 0 aromatic heterocycles. The van der Waals surface area contributed by atoms with Gasteiger partial charge in [0.1, 0.15) is 74.8 Å². The van der Waals surface area contributed by atoms with Crippen LogP contribution in [0, 0.1) is 29.1 Å². The largest absolute Gasteiger partial charge is 0.489 e. The third-order valence-electron chi connectivity index (χ3n) is 14.7. The van der Waals surface area contributed by atoms with E-state index in [0.717, 1.165) is 10.5 Å². The zero-order valence-electron chi connectivity index (χ0n) is 54.3. The van der Waals surface area contributed by atoms with Crippen LogP contribution < -0.4 is 35.5 Å². The number of nitrogens with zero attached hydrogens (tertiary/aromatic N) is 1. The summed E-state index contributed by atoms with van der Waals surface area (Å²) in [5.41, 5.74) is 3.15. The van der Waals surface area contributed by atoms with Crippen molar-refractivity contribution < 1.29 is 93.8 Å². The zero-order chi connectivity index (χ0) is 71.0. The van der Waals surface area contributed by atoms with Gasteiger partial charge in [0.15, 0.2) is 0 Å². The van der Waals surface area contributed by atoms with Crippen LogP contribution in [-0.4, -0.2) is 102 Å². The van der Waals surface area contributed by atoms with E-state index in [2.05, 4.69) is 21.3 Å². The highest BCUT2D eigenvalue weighted by atomic mass is 19.2. The Balaban J connectivity index is 1.17. The molecule has 0 bridgehead atoms. The topological polar surface area (TPSA) is 256 Å². The van der Waals surface area contributed by atoms with Crippen LogP contribution in [0.1, 0.15) is 66.1 Å². The van der Waals surface area contributed by atoms with Gasteiger partial charge in [-0.2, -0.15) is 8.78 Å². The number of esters is 2. The third kappa shape index (κ3) is 22.6. The molecular weight excluding hydrogens is 1290 g/mol. The van der Waals surface area contributed by atoms with Crippen molar-refractivity contribution in [2.45, 2.75) is 103 Å². The van der Waals surface area contributed by atoms with Gasteiger partial charge in [0.25, 0.3) is 0 Å². The summed E-state index contributed by atoms with van der Waals surface area (Å²) >= 11 is 0. The Labute approximate surface area is 567 Å². The van der Waals surface area contributed by atoms with Crippen LogP contribution in [0.15, 0.2) is 188 Å². The molecule has 5 N–H and O–H groups in total. The van der Waals surface area contributed by atoms with Crippen molar-refractivity contribution in [1.29, 1.82) is 0 Å².